The van der Waals surface area contributed by atoms with Gasteiger partial charge in [-0.3, -0.25) is 4.79 Å². The lowest BCUT2D eigenvalue weighted by Crippen LogP contribution is -1.98. The minimum Gasteiger partial charge on any atom is -0.508 e. The van der Waals surface area contributed by atoms with E-state index in [1.54, 1.807) is 18.3 Å². The number of Topliss-reactive ketones (excluding diaryl/α,β-unsaturated/α-hetero) is 1. The Morgan fingerprint density at radius 3 is 2.87 bits per heavy atom. The first kappa shape index (κ1) is 13.7. The summed E-state index contributed by atoms with van der Waals surface area (Å²) >= 11 is 6.12. The topological polar surface area (TPSA) is 82.6 Å². The smallest absolute Gasteiger partial charge is 0.235 e. The molecule has 0 spiro atoms. The van der Waals surface area contributed by atoms with Gasteiger partial charge in [0.05, 0.1) is 10.5 Å². The van der Waals surface area contributed by atoms with Crippen molar-refractivity contribution in [3.05, 3.63) is 58.4 Å². The number of hydrogen-bond donors (Lipinski definition) is 3. The average Bonchev–Trinajstić information content (AvgIpc) is 3.03. The molecule has 0 bridgehead atoms. The number of aromatic hydroxyl groups is 2. The molecule has 3 N–H and O–H groups in total. The van der Waals surface area contributed by atoms with E-state index in [0.29, 0.717) is 5.02 Å². The van der Waals surface area contributed by atoms with Gasteiger partial charge in [-0.2, -0.15) is 0 Å². The maximum atomic E-state index is 12.4. The molecule has 23 heavy (non-hydrogen) atoms. The standard InChI is InChI=1S/C17H10ClNO4/c18-11-3-1-2-10-8(7-19-16(10)11)4-14-17(22)15-12(21)5-9(20)6-13(15)23-14/h1-7,19-21H/b14-4+. The minimum absolute atomic E-state index is 0.0481. The SMILES string of the molecule is O=C1/C(=C\c2c[nH]c3c(Cl)cccc23)Oc2cc(O)cc(O)c21. The van der Waals surface area contributed by atoms with Crippen LogP contribution in [0.4, 0.5) is 0 Å². The Kier molecular flexibility index (Phi) is 2.86. The third-order valence-corrected chi connectivity index (χ3v) is 4.04. The molecule has 1 aliphatic rings. The van der Waals surface area contributed by atoms with Crippen LogP contribution in [-0.4, -0.2) is 21.0 Å². The lowest BCUT2D eigenvalue weighted by Gasteiger charge is -2.00. The van der Waals surface area contributed by atoms with Crippen molar-refractivity contribution in [3.63, 3.8) is 0 Å². The molecule has 1 aromatic heterocycles. The van der Waals surface area contributed by atoms with Gasteiger partial charge in [0, 0.05) is 29.3 Å². The van der Waals surface area contributed by atoms with Gasteiger partial charge < -0.3 is 19.9 Å². The number of rotatable bonds is 1. The highest BCUT2D eigenvalue weighted by Gasteiger charge is 2.31. The summed E-state index contributed by atoms with van der Waals surface area (Å²) in [6.45, 7) is 0. The Morgan fingerprint density at radius 1 is 1.22 bits per heavy atom. The van der Waals surface area contributed by atoms with E-state index in [2.05, 4.69) is 4.98 Å². The molecule has 2 aromatic carbocycles. The normalized spacial score (nSPS) is 15.2. The Bertz CT molecular complexity index is 1000. The molecule has 0 fully saturated rings. The monoisotopic (exact) mass is 327 g/mol. The van der Waals surface area contributed by atoms with Crippen LogP contribution in [-0.2, 0) is 0 Å². The largest absolute Gasteiger partial charge is 0.508 e. The van der Waals surface area contributed by atoms with Crippen LogP contribution in [0.3, 0.4) is 0 Å². The summed E-state index contributed by atoms with van der Waals surface area (Å²) in [5, 5.41) is 20.7. The molecule has 0 atom stereocenters. The fourth-order valence-electron chi connectivity index (χ4n) is 2.68. The molecule has 0 saturated heterocycles. The van der Waals surface area contributed by atoms with Crippen LogP contribution in [0.25, 0.3) is 17.0 Å². The molecule has 5 nitrogen and oxygen atoms in total. The third-order valence-electron chi connectivity index (χ3n) is 3.72. The number of aromatic nitrogens is 1. The molecule has 2 heterocycles. The zero-order valence-corrected chi connectivity index (χ0v) is 12.4. The summed E-state index contributed by atoms with van der Waals surface area (Å²) in [5.41, 5.74) is 1.55. The number of fused-ring (bicyclic) bond motifs is 2. The molecule has 0 amide bonds. The Balaban J connectivity index is 1.83. The number of aromatic amines is 1. The number of H-pyrrole nitrogens is 1. The second kappa shape index (κ2) is 4.79. The van der Waals surface area contributed by atoms with Gasteiger partial charge in [0.15, 0.2) is 5.76 Å². The highest BCUT2D eigenvalue weighted by Crippen LogP contribution is 2.41. The molecule has 1 aliphatic heterocycles. The Labute approximate surface area is 135 Å². The van der Waals surface area contributed by atoms with Crippen LogP contribution >= 0.6 is 11.6 Å². The molecule has 3 aromatic rings. The quantitative estimate of drug-likeness (QED) is 0.593. The summed E-state index contributed by atoms with van der Waals surface area (Å²) in [6, 6.07) is 7.86. The van der Waals surface area contributed by atoms with Crippen molar-refractivity contribution in [2.45, 2.75) is 0 Å². The number of carbonyl (C=O) groups is 1. The van der Waals surface area contributed by atoms with Crippen molar-refractivity contribution in [1.82, 2.24) is 4.98 Å². The number of carbonyl (C=O) groups excluding carboxylic acids is 1. The second-order valence-electron chi connectivity index (χ2n) is 5.18. The van der Waals surface area contributed by atoms with E-state index in [9.17, 15) is 15.0 Å². The van der Waals surface area contributed by atoms with Gasteiger partial charge in [-0.05, 0) is 12.1 Å². The van der Waals surface area contributed by atoms with Crippen molar-refractivity contribution in [1.29, 1.82) is 0 Å². The first-order valence-electron chi connectivity index (χ1n) is 6.80. The molecule has 6 heteroatoms. The van der Waals surface area contributed by atoms with Gasteiger partial charge in [0.2, 0.25) is 5.78 Å². The summed E-state index contributed by atoms with van der Waals surface area (Å²) in [7, 11) is 0. The number of para-hydroxylation sites is 1. The summed E-state index contributed by atoms with van der Waals surface area (Å²) in [6.07, 6.45) is 3.30. The first-order chi connectivity index (χ1) is 11.0. The third kappa shape index (κ3) is 2.05. The van der Waals surface area contributed by atoms with Crippen LogP contribution in [0, 0.1) is 0 Å². The molecule has 0 aliphatic carbocycles. The maximum Gasteiger partial charge on any atom is 0.235 e. The number of allylic oxidation sites excluding steroid dienone is 1. The van der Waals surface area contributed by atoms with E-state index in [1.165, 1.54) is 6.07 Å². The maximum absolute atomic E-state index is 12.4. The van der Waals surface area contributed by atoms with E-state index >= 15 is 0 Å². The van der Waals surface area contributed by atoms with E-state index in [-0.39, 0.29) is 28.6 Å². The molecular formula is C17H10ClNO4. The van der Waals surface area contributed by atoms with Gasteiger partial charge >= 0.3 is 0 Å². The lowest BCUT2D eigenvalue weighted by atomic mass is 10.1. The molecule has 114 valence electrons. The Hall–Kier alpha value is -2.92. The number of phenols is 2. The number of ketones is 1. The van der Waals surface area contributed by atoms with Crippen molar-refractivity contribution in [3.8, 4) is 17.2 Å². The predicted molar refractivity (Wildman–Crippen MR) is 86.0 cm³/mol. The molecular weight excluding hydrogens is 318 g/mol. The van der Waals surface area contributed by atoms with Gasteiger partial charge in [-0.15, -0.1) is 0 Å². The van der Waals surface area contributed by atoms with Crippen LogP contribution < -0.4 is 4.74 Å². The van der Waals surface area contributed by atoms with Gasteiger partial charge in [0.1, 0.15) is 22.8 Å². The fraction of sp³-hybridized carbons (Fsp3) is 0. The molecule has 0 unspecified atom stereocenters. The van der Waals surface area contributed by atoms with E-state index < -0.39 is 5.78 Å². The molecule has 0 radical (unpaired) electrons. The highest BCUT2D eigenvalue weighted by molar-refractivity contribution is 6.35. The number of benzene rings is 2. The fourth-order valence-corrected chi connectivity index (χ4v) is 2.91. The predicted octanol–water partition coefficient (Wildman–Crippen LogP) is 3.85. The van der Waals surface area contributed by atoms with Gasteiger partial charge in [-0.1, -0.05) is 23.7 Å². The van der Waals surface area contributed by atoms with E-state index in [4.69, 9.17) is 16.3 Å². The summed E-state index contributed by atoms with van der Waals surface area (Å²) in [5.74, 6) is -0.711. The highest BCUT2D eigenvalue weighted by atomic mass is 35.5. The zero-order valence-electron chi connectivity index (χ0n) is 11.6. The van der Waals surface area contributed by atoms with Gasteiger partial charge in [-0.25, -0.2) is 0 Å². The summed E-state index contributed by atoms with van der Waals surface area (Å²) in [4.78, 5) is 15.4. The lowest BCUT2D eigenvalue weighted by molar-refractivity contribution is 0.101. The number of halogens is 1. The van der Waals surface area contributed by atoms with Crippen molar-refractivity contribution in [2.24, 2.45) is 0 Å². The summed E-state index contributed by atoms with van der Waals surface area (Å²) < 4.78 is 5.48. The second-order valence-corrected chi connectivity index (χ2v) is 5.59. The van der Waals surface area contributed by atoms with Crippen LogP contribution in [0.2, 0.25) is 5.02 Å². The van der Waals surface area contributed by atoms with Gasteiger partial charge in [0.25, 0.3) is 0 Å². The zero-order chi connectivity index (χ0) is 16.1. The number of phenolic OH excluding ortho intramolecular Hbond substituents is 2. The average molecular weight is 328 g/mol. The molecule has 4 rings (SSSR count). The van der Waals surface area contributed by atoms with Crippen LogP contribution in [0.15, 0.2) is 42.3 Å². The minimum atomic E-state index is -0.436. The number of ether oxygens (including phenoxy) is 1. The van der Waals surface area contributed by atoms with Crippen molar-refractivity contribution in [2.75, 3.05) is 0 Å². The van der Waals surface area contributed by atoms with Crippen molar-refractivity contribution < 1.29 is 19.7 Å². The van der Waals surface area contributed by atoms with Crippen LogP contribution in [0.1, 0.15) is 15.9 Å². The Morgan fingerprint density at radius 2 is 2.04 bits per heavy atom. The molecule has 0 saturated carbocycles. The number of hydrogen-bond acceptors (Lipinski definition) is 4. The number of nitrogens with one attached hydrogen (secondary N) is 1. The first-order valence-corrected chi connectivity index (χ1v) is 7.18. The van der Waals surface area contributed by atoms with Crippen LogP contribution in [0.5, 0.6) is 17.2 Å². The van der Waals surface area contributed by atoms with Crippen molar-refractivity contribution >= 4 is 34.4 Å². The van der Waals surface area contributed by atoms with E-state index in [0.717, 1.165) is 22.5 Å². The van der Waals surface area contributed by atoms with E-state index in [1.807, 2.05) is 12.1 Å².